The molecule has 0 amide bonds. The molecule has 3 aromatic rings. The van der Waals surface area contributed by atoms with Gasteiger partial charge in [-0.15, -0.1) is 0 Å². The lowest BCUT2D eigenvalue weighted by Crippen LogP contribution is -2.50. The molecule has 47 heavy (non-hydrogen) atoms. The van der Waals surface area contributed by atoms with E-state index in [0.717, 1.165) is 25.0 Å². The predicted octanol–water partition coefficient (Wildman–Crippen LogP) is 12.0. The van der Waals surface area contributed by atoms with Crippen LogP contribution in [0.5, 0.6) is 0 Å². The minimum Gasteiger partial charge on any atom is -0.317 e. The van der Waals surface area contributed by atoms with Crippen molar-refractivity contribution < 1.29 is 0 Å². The van der Waals surface area contributed by atoms with Crippen LogP contribution >= 0.6 is 0 Å². The molecule has 5 rings (SSSR count). The third kappa shape index (κ3) is 8.28. The Morgan fingerprint density at radius 1 is 0.681 bits per heavy atom. The van der Waals surface area contributed by atoms with E-state index in [2.05, 4.69) is 201 Å². The Hall–Kier alpha value is -3.62. The van der Waals surface area contributed by atoms with Gasteiger partial charge in [0, 0.05) is 5.70 Å². The Balaban J connectivity index is 1.47. The normalized spacial score (nSPS) is 20.9. The smallest absolute Gasteiger partial charge is 0.0878 e. The molecule has 0 radical (unpaired) electrons. The topological polar surface area (TPSA) is 15.3 Å². The molecule has 2 heteroatoms. The van der Waals surface area contributed by atoms with E-state index in [1.807, 2.05) is 0 Å². The van der Waals surface area contributed by atoms with Crippen molar-refractivity contribution in [3.05, 3.63) is 149 Å². The van der Waals surface area contributed by atoms with Gasteiger partial charge in [-0.25, -0.2) is 0 Å². The van der Waals surface area contributed by atoms with Crippen LogP contribution in [0.4, 0.5) is 0 Å². The number of allylic oxidation sites excluding steroid dienone is 3. The van der Waals surface area contributed by atoms with Gasteiger partial charge in [-0.05, 0) is 80.9 Å². The van der Waals surface area contributed by atoms with Gasteiger partial charge in [0.1, 0.15) is 0 Å². The van der Waals surface area contributed by atoms with E-state index in [9.17, 15) is 0 Å². The molecule has 0 fully saturated rings. The summed E-state index contributed by atoms with van der Waals surface area (Å²) < 4.78 is 0. The third-order valence-corrected chi connectivity index (χ3v) is 9.74. The van der Waals surface area contributed by atoms with Crippen molar-refractivity contribution in [3.8, 4) is 0 Å². The SMILES string of the molecule is CC(C)(C)CC(C)(C)c1ccc(C=CC2=CC(c3ccc(C(C)(C)CC(C)(C)C)cc3)N(C3(c4ccccc4)C=CC=CC3)N2)cc1. The van der Waals surface area contributed by atoms with Crippen molar-refractivity contribution in [2.45, 2.75) is 111 Å². The fourth-order valence-electron chi connectivity index (χ4n) is 8.26. The second kappa shape index (κ2) is 13.1. The molecular weight excluding hydrogens is 569 g/mol. The molecule has 2 atom stereocenters. The summed E-state index contributed by atoms with van der Waals surface area (Å²) in [5.74, 6) is 0. The molecule has 2 unspecified atom stereocenters. The number of hydrogen-bond acceptors (Lipinski definition) is 2. The lowest BCUT2D eigenvalue weighted by molar-refractivity contribution is 0.0683. The molecule has 2 nitrogen and oxygen atoms in total. The molecule has 248 valence electrons. The summed E-state index contributed by atoms with van der Waals surface area (Å²) in [7, 11) is 0. The summed E-state index contributed by atoms with van der Waals surface area (Å²) in [5.41, 5.74) is 12.0. The maximum atomic E-state index is 3.88. The van der Waals surface area contributed by atoms with Crippen LogP contribution in [0.3, 0.4) is 0 Å². The fourth-order valence-corrected chi connectivity index (χ4v) is 8.26. The summed E-state index contributed by atoms with van der Waals surface area (Å²) in [6.07, 6.45) is 19.1. The van der Waals surface area contributed by atoms with E-state index in [1.54, 1.807) is 0 Å². The predicted molar refractivity (Wildman–Crippen MR) is 203 cm³/mol. The zero-order valence-corrected chi connectivity index (χ0v) is 30.7. The summed E-state index contributed by atoms with van der Waals surface area (Å²) in [6.45, 7) is 23.5. The van der Waals surface area contributed by atoms with Gasteiger partial charge in [0.05, 0.1) is 11.6 Å². The highest BCUT2D eigenvalue weighted by Gasteiger charge is 2.43. The number of rotatable bonds is 9. The van der Waals surface area contributed by atoms with E-state index in [-0.39, 0.29) is 33.2 Å². The highest BCUT2D eigenvalue weighted by Crippen LogP contribution is 2.45. The van der Waals surface area contributed by atoms with Gasteiger partial charge in [0.15, 0.2) is 0 Å². The molecule has 1 aliphatic carbocycles. The van der Waals surface area contributed by atoms with Gasteiger partial charge in [-0.3, -0.25) is 0 Å². The first-order valence-electron chi connectivity index (χ1n) is 17.5. The van der Waals surface area contributed by atoms with E-state index in [0.29, 0.717) is 0 Å². The summed E-state index contributed by atoms with van der Waals surface area (Å²) in [6, 6.07) is 29.6. The number of hydrogen-bond donors (Lipinski definition) is 1. The molecule has 1 N–H and O–H groups in total. The Bertz CT molecular complexity index is 1620. The monoisotopic (exact) mass is 626 g/mol. The highest BCUT2D eigenvalue weighted by atomic mass is 15.6. The highest BCUT2D eigenvalue weighted by molar-refractivity contribution is 5.54. The van der Waals surface area contributed by atoms with Crippen LogP contribution in [0.25, 0.3) is 6.08 Å². The first-order valence-corrected chi connectivity index (χ1v) is 17.5. The van der Waals surface area contributed by atoms with Gasteiger partial charge in [-0.2, -0.15) is 5.01 Å². The summed E-state index contributed by atoms with van der Waals surface area (Å²) in [4.78, 5) is 0. The number of hydrazine groups is 1. The minimum atomic E-state index is -0.322. The average Bonchev–Trinajstić information content (AvgIpc) is 3.44. The fraction of sp³-hybridized carbons (Fsp3) is 0.422. The molecule has 0 saturated heterocycles. The lowest BCUT2D eigenvalue weighted by Gasteiger charge is -2.44. The maximum Gasteiger partial charge on any atom is 0.0878 e. The van der Waals surface area contributed by atoms with Gasteiger partial charge in [0.25, 0.3) is 0 Å². The van der Waals surface area contributed by atoms with E-state index < -0.39 is 0 Å². The zero-order chi connectivity index (χ0) is 34.1. The van der Waals surface area contributed by atoms with Crippen molar-refractivity contribution in [1.82, 2.24) is 10.4 Å². The third-order valence-electron chi connectivity index (χ3n) is 9.74. The Morgan fingerprint density at radius 2 is 1.23 bits per heavy atom. The first-order chi connectivity index (χ1) is 22.0. The van der Waals surface area contributed by atoms with Crippen molar-refractivity contribution in [2.75, 3.05) is 0 Å². The molecule has 2 aliphatic rings. The Labute approximate surface area is 286 Å². The van der Waals surface area contributed by atoms with E-state index >= 15 is 0 Å². The Kier molecular flexibility index (Phi) is 9.69. The van der Waals surface area contributed by atoms with E-state index in [4.69, 9.17) is 0 Å². The molecule has 1 heterocycles. The second-order valence-electron chi connectivity index (χ2n) is 17.7. The molecule has 0 spiro atoms. The Morgan fingerprint density at radius 3 is 1.74 bits per heavy atom. The van der Waals surface area contributed by atoms with Crippen LogP contribution in [-0.2, 0) is 16.4 Å². The maximum absolute atomic E-state index is 3.88. The van der Waals surface area contributed by atoms with Crippen molar-refractivity contribution >= 4 is 6.08 Å². The van der Waals surface area contributed by atoms with Crippen molar-refractivity contribution in [3.63, 3.8) is 0 Å². The molecule has 0 saturated carbocycles. The number of nitrogens with one attached hydrogen (secondary N) is 1. The average molecular weight is 627 g/mol. The van der Waals surface area contributed by atoms with Gasteiger partial charge < -0.3 is 5.43 Å². The summed E-state index contributed by atoms with van der Waals surface area (Å²) in [5, 5.41) is 2.47. The first kappa shape index (κ1) is 34.7. The molecule has 0 bridgehead atoms. The second-order valence-corrected chi connectivity index (χ2v) is 17.7. The number of benzene rings is 3. The standard InChI is InChI=1S/C45H58N2/c1-41(2,3)32-43(7,8)36-24-19-34(20-25-36)21-28-39-31-40(35-22-26-37(27-23-35)44(9,10)33-42(4,5)6)47(46-39)45(29-15-12-16-30-45)38-17-13-11-14-18-38/h11-29,31,40,46H,30,32-33H2,1-10H3. The van der Waals surface area contributed by atoms with Crippen LogP contribution in [0, 0.1) is 10.8 Å². The molecule has 1 aliphatic heterocycles. The van der Waals surface area contributed by atoms with E-state index in [1.165, 1.54) is 27.8 Å². The van der Waals surface area contributed by atoms with Crippen LogP contribution in [0.2, 0.25) is 0 Å². The molecule has 3 aromatic carbocycles. The van der Waals surface area contributed by atoms with Crippen LogP contribution < -0.4 is 5.43 Å². The minimum absolute atomic E-state index is 0.0614. The lowest BCUT2D eigenvalue weighted by atomic mass is 9.72. The van der Waals surface area contributed by atoms with Crippen molar-refractivity contribution in [1.29, 1.82) is 0 Å². The van der Waals surface area contributed by atoms with Gasteiger partial charge in [0.2, 0.25) is 0 Å². The number of nitrogens with zero attached hydrogens (tertiary/aromatic N) is 1. The van der Waals surface area contributed by atoms with Gasteiger partial charge in [-0.1, -0.05) is 178 Å². The van der Waals surface area contributed by atoms with Gasteiger partial charge >= 0.3 is 0 Å². The zero-order valence-electron chi connectivity index (χ0n) is 30.7. The quantitative estimate of drug-likeness (QED) is 0.254. The van der Waals surface area contributed by atoms with Crippen LogP contribution in [0.1, 0.15) is 122 Å². The van der Waals surface area contributed by atoms with Crippen LogP contribution in [0.15, 0.2) is 121 Å². The van der Waals surface area contributed by atoms with Crippen molar-refractivity contribution in [2.24, 2.45) is 10.8 Å². The molecule has 0 aromatic heterocycles. The molecular formula is C45H58N2. The summed E-state index contributed by atoms with van der Waals surface area (Å²) >= 11 is 0. The van der Waals surface area contributed by atoms with Crippen LogP contribution in [-0.4, -0.2) is 5.01 Å². The largest absolute Gasteiger partial charge is 0.317 e.